The van der Waals surface area contributed by atoms with Gasteiger partial charge in [0, 0.05) is 12.5 Å². The molecule has 0 aromatic heterocycles. The van der Waals surface area contributed by atoms with Gasteiger partial charge in [0.15, 0.2) is 0 Å². The van der Waals surface area contributed by atoms with Gasteiger partial charge in [-0.25, -0.2) is 0 Å². The monoisotopic (exact) mass is 341 g/mol. The molecular formula is C24H39N. The van der Waals surface area contributed by atoms with E-state index in [9.17, 15) is 0 Å². The zero-order chi connectivity index (χ0) is 17.7. The van der Waals surface area contributed by atoms with Crippen molar-refractivity contribution in [3.8, 4) is 12.0 Å². The van der Waals surface area contributed by atoms with Gasteiger partial charge < -0.3 is 5.73 Å². The van der Waals surface area contributed by atoms with E-state index in [1.165, 1.54) is 64.2 Å². The van der Waals surface area contributed by atoms with Crippen LogP contribution in [-0.2, 0) is 0 Å². The molecular weight excluding hydrogens is 302 g/mol. The van der Waals surface area contributed by atoms with Crippen molar-refractivity contribution in [1.29, 1.82) is 0 Å². The highest BCUT2D eigenvalue weighted by atomic mass is 14.6. The molecule has 0 aromatic rings. The van der Waals surface area contributed by atoms with Gasteiger partial charge in [-0.05, 0) is 97.7 Å². The van der Waals surface area contributed by atoms with E-state index in [2.05, 4.69) is 32.7 Å². The zero-order valence-corrected chi connectivity index (χ0v) is 16.8. The Hall–Kier alpha value is -0.640. The summed E-state index contributed by atoms with van der Waals surface area (Å²) in [6.07, 6.45) is 16.0. The summed E-state index contributed by atoms with van der Waals surface area (Å²) in [6, 6.07) is 2.64. The Morgan fingerprint density at radius 2 is 1.72 bits per heavy atom. The van der Waals surface area contributed by atoms with Crippen molar-refractivity contribution >= 4 is 0 Å². The van der Waals surface area contributed by atoms with Crippen LogP contribution in [0.5, 0.6) is 0 Å². The maximum Gasteiger partial charge on any atom is 0.0135 e. The largest absolute Gasteiger partial charge is 0.359 e. The molecule has 4 fully saturated rings. The summed E-state index contributed by atoms with van der Waals surface area (Å²) >= 11 is 0. The Kier molecular flexibility index (Phi) is 4.62. The van der Waals surface area contributed by atoms with Crippen molar-refractivity contribution in [1.82, 2.24) is 0 Å². The first-order chi connectivity index (χ1) is 12.0. The van der Waals surface area contributed by atoms with Crippen LogP contribution in [0.15, 0.2) is 0 Å². The first-order valence-corrected chi connectivity index (χ1v) is 11.2. The first kappa shape index (κ1) is 17.8. The van der Waals surface area contributed by atoms with Crippen LogP contribution in [0.1, 0.15) is 91.4 Å². The molecule has 1 nitrogen and oxygen atoms in total. The van der Waals surface area contributed by atoms with Gasteiger partial charge in [-0.2, -0.15) is 0 Å². The second-order valence-corrected chi connectivity index (χ2v) is 10.6. The van der Waals surface area contributed by atoms with E-state index in [0.29, 0.717) is 16.7 Å². The molecule has 25 heavy (non-hydrogen) atoms. The molecule has 1 heteroatoms. The molecule has 0 heterocycles. The SMILES string of the molecule is C[C@H](CC#CN)[C@H]1CC[C@H]2[C@@H]3CCC4CCCC[C@]4(C)[C@H]3CC[C@]12C. The molecule has 0 radical (unpaired) electrons. The fraction of sp³-hybridized carbons (Fsp3) is 0.917. The molecule has 0 bridgehead atoms. The molecule has 1 unspecified atom stereocenters. The summed E-state index contributed by atoms with van der Waals surface area (Å²) in [4.78, 5) is 0. The number of rotatable bonds is 2. The van der Waals surface area contributed by atoms with Crippen LogP contribution >= 0.6 is 0 Å². The minimum absolute atomic E-state index is 0.578. The third-order valence-corrected chi connectivity index (χ3v) is 9.87. The Morgan fingerprint density at radius 3 is 2.52 bits per heavy atom. The topological polar surface area (TPSA) is 26.0 Å². The van der Waals surface area contributed by atoms with E-state index in [0.717, 1.165) is 36.0 Å². The lowest BCUT2D eigenvalue weighted by molar-refractivity contribution is -0.114. The van der Waals surface area contributed by atoms with E-state index < -0.39 is 0 Å². The molecule has 0 spiro atoms. The number of fused-ring (bicyclic) bond motifs is 5. The molecule has 4 aliphatic rings. The van der Waals surface area contributed by atoms with Crippen LogP contribution in [0.3, 0.4) is 0 Å². The van der Waals surface area contributed by atoms with Crippen LogP contribution in [0.2, 0.25) is 0 Å². The molecule has 4 saturated carbocycles. The predicted octanol–water partition coefficient (Wildman–Crippen LogP) is 5.98. The third kappa shape index (κ3) is 2.65. The van der Waals surface area contributed by atoms with E-state index in [-0.39, 0.29) is 0 Å². The van der Waals surface area contributed by atoms with E-state index in [1.807, 2.05) is 0 Å². The zero-order valence-electron chi connectivity index (χ0n) is 16.8. The Morgan fingerprint density at radius 1 is 0.920 bits per heavy atom. The van der Waals surface area contributed by atoms with Gasteiger partial charge in [-0.1, -0.05) is 39.5 Å². The van der Waals surface area contributed by atoms with Crippen molar-refractivity contribution in [3.05, 3.63) is 0 Å². The average molecular weight is 342 g/mol. The summed E-state index contributed by atoms with van der Waals surface area (Å²) < 4.78 is 0. The van der Waals surface area contributed by atoms with Crippen molar-refractivity contribution in [3.63, 3.8) is 0 Å². The van der Waals surface area contributed by atoms with Crippen LogP contribution in [0, 0.1) is 58.3 Å². The van der Waals surface area contributed by atoms with Gasteiger partial charge in [0.25, 0.3) is 0 Å². The van der Waals surface area contributed by atoms with Crippen LogP contribution in [0.4, 0.5) is 0 Å². The van der Waals surface area contributed by atoms with Gasteiger partial charge in [-0.15, -0.1) is 0 Å². The van der Waals surface area contributed by atoms with Crippen molar-refractivity contribution in [2.45, 2.75) is 91.4 Å². The number of hydrogen-bond acceptors (Lipinski definition) is 1. The molecule has 0 saturated heterocycles. The van der Waals surface area contributed by atoms with Gasteiger partial charge in [0.2, 0.25) is 0 Å². The Labute approximate surface area is 155 Å². The Bertz CT molecular complexity index is 556. The standard InChI is InChI=1S/C24H39N/c1-17(7-6-16-25)20-11-12-21-19-10-9-18-8-4-5-14-23(18,2)22(19)13-15-24(20,21)3/h17-22H,4-5,7-15,25H2,1-3H3/t17-,18?,19+,20-,21+,22+,23+,24-/m1/s1. The summed E-state index contributed by atoms with van der Waals surface area (Å²) in [5.74, 6) is 8.84. The van der Waals surface area contributed by atoms with Gasteiger partial charge in [-0.3, -0.25) is 0 Å². The quantitative estimate of drug-likeness (QED) is 0.485. The van der Waals surface area contributed by atoms with E-state index in [1.54, 1.807) is 0 Å². The summed E-state index contributed by atoms with van der Waals surface area (Å²) in [7, 11) is 0. The Balaban J connectivity index is 1.56. The number of nitrogens with two attached hydrogens (primary N) is 1. The fourth-order valence-corrected chi connectivity index (χ4v) is 8.63. The van der Waals surface area contributed by atoms with E-state index >= 15 is 0 Å². The van der Waals surface area contributed by atoms with Gasteiger partial charge in [0.05, 0.1) is 0 Å². The lowest BCUT2D eigenvalue weighted by atomic mass is 9.44. The average Bonchev–Trinajstić information content (AvgIpc) is 2.96. The van der Waals surface area contributed by atoms with Crippen molar-refractivity contribution in [2.24, 2.45) is 52.1 Å². The second-order valence-electron chi connectivity index (χ2n) is 10.6. The summed E-state index contributed by atoms with van der Waals surface area (Å²) in [6.45, 7) is 7.80. The van der Waals surface area contributed by atoms with Crippen molar-refractivity contribution in [2.75, 3.05) is 0 Å². The fourth-order valence-electron chi connectivity index (χ4n) is 8.63. The minimum Gasteiger partial charge on any atom is -0.359 e. The lowest BCUT2D eigenvalue weighted by Crippen LogP contribution is -2.53. The van der Waals surface area contributed by atoms with Gasteiger partial charge in [0.1, 0.15) is 0 Å². The molecule has 4 rings (SSSR count). The molecule has 0 aliphatic heterocycles. The van der Waals surface area contributed by atoms with E-state index in [4.69, 9.17) is 5.73 Å². The highest BCUT2D eigenvalue weighted by Gasteiger charge is 2.59. The van der Waals surface area contributed by atoms with Crippen LogP contribution in [-0.4, -0.2) is 0 Å². The second kappa shape index (κ2) is 6.51. The first-order valence-electron chi connectivity index (χ1n) is 11.2. The predicted molar refractivity (Wildman–Crippen MR) is 106 cm³/mol. The van der Waals surface area contributed by atoms with Crippen molar-refractivity contribution < 1.29 is 0 Å². The summed E-state index contributed by atoms with van der Waals surface area (Å²) in [5.41, 5.74) is 6.70. The minimum atomic E-state index is 0.578. The highest BCUT2D eigenvalue weighted by Crippen LogP contribution is 2.68. The molecule has 140 valence electrons. The highest BCUT2D eigenvalue weighted by molar-refractivity contribution is 5.10. The molecule has 4 aliphatic carbocycles. The maximum atomic E-state index is 5.44. The van der Waals surface area contributed by atoms with Gasteiger partial charge >= 0.3 is 0 Å². The van der Waals surface area contributed by atoms with Crippen LogP contribution in [0.25, 0.3) is 0 Å². The third-order valence-electron chi connectivity index (χ3n) is 9.87. The summed E-state index contributed by atoms with van der Waals surface area (Å²) in [5, 5.41) is 0. The molecule has 0 amide bonds. The normalized spacial score (nSPS) is 50.0. The number of hydrogen-bond donors (Lipinski definition) is 1. The molecule has 0 aromatic carbocycles. The molecule has 8 atom stereocenters. The molecule has 2 N–H and O–H groups in total. The van der Waals surface area contributed by atoms with Crippen LogP contribution < -0.4 is 5.73 Å². The smallest absolute Gasteiger partial charge is 0.0135 e. The maximum absolute atomic E-state index is 5.44. The lowest BCUT2D eigenvalue weighted by Gasteiger charge is -2.60.